The monoisotopic (exact) mass is 262 g/mol. The number of carbonyl (C=O) groups excluding carboxylic acids is 1. The summed E-state index contributed by atoms with van der Waals surface area (Å²) in [5.74, 6) is 0.603. The molecular formula is C16H26N2O. The fraction of sp³-hybridized carbons (Fsp3) is 0.562. The summed E-state index contributed by atoms with van der Waals surface area (Å²) in [6, 6.07) is 8.41. The minimum atomic E-state index is -0.0697. The number of likely N-dealkylation sites (N-methyl/N-ethyl adjacent to an activating group) is 1. The molecule has 0 aliphatic rings. The molecule has 0 saturated carbocycles. The topological polar surface area (TPSA) is 46.3 Å². The van der Waals surface area contributed by atoms with Gasteiger partial charge >= 0.3 is 0 Å². The van der Waals surface area contributed by atoms with Crippen molar-refractivity contribution in [3.8, 4) is 0 Å². The predicted octanol–water partition coefficient (Wildman–Crippen LogP) is 2.72. The van der Waals surface area contributed by atoms with E-state index >= 15 is 0 Å². The van der Waals surface area contributed by atoms with Crippen molar-refractivity contribution in [2.45, 2.75) is 38.5 Å². The molecule has 3 nitrogen and oxygen atoms in total. The van der Waals surface area contributed by atoms with Crippen LogP contribution < -0.4 is 5.73 Å². The Labute approximate surface area is 116 Å². The Hall–Kier alpha value is -1.35. The van der Waals surface area contributed by atoms with Crippen LogP contribution >= 0.6 is 0 Å². The molecule has 0 aromatic heterocycles. The highest BCUT2D eigenvalue weighted by atomic mass is 16.2. The Morgan fingerprint density at radius 3 is 2.11 bits per heavy atom. The van der Waals surface area contributed by atoms with Crippen molar-refractivity contribution in [3.05, 3.63) is 35.4 Å². The molecule has 1 unspecified atom stereocenters. The molecule has 1 aromatic rings. The minimum absolute atomic E-state index is 0.0697. The Bertz CT molecular complexity index is 396. The predicted molar refractivity (Wildman–Crippen MR) is 80.3 cm³/mol. The Kier molecular flexibility index (Phi) is 6.03. The molecule has 0 bridgehead atoms. The van der Waals surface area contributed by atoms with Crippen molar-refractivity contribution >= 4 is 5.91 Å². The van der Waals surface area contributed by atoms with Crippen LogP contribution in [0.5, 0.6) is 0 Å². The first kappa shape index (κ1) is 15.7. The van der Waals surface area contributed by atoms with E-state index in [1.807, 2.05) is 0 Å². The number of hydrogen-bond acceptors (Lipinski definition) is 2. The van der Waals surface area contributed by atoms with Gasteiger partial charge in [0.2, 0.25) is 5.91 Å². The Balaban J connectivity index is 2.93. The molecule has 0 aliphatic heterocycles. The number of nitrogens with two attached hydrogens (primary N) is 1. The largest absolute Gasteiger partial charge is 0.348 e. The first-order valence-electron chi connectivity index (χ1n) is 6.98. The summed E-state index contributed by atoms with van der Waals surface area (Å²) in [5, 5.41) is 0. The molecule has 3 heteroatoms. The number of hydrogen-bond donors (Lipinski definition) is 1. The van der Waals surface area contributed by atoms with Gasteiger partial charge in [0, 0.05) is 14.1 Å². The van der Waals surface area contributed by atoms with Crippen molar-refractivity contribution in [2.24, 2.45) is 5.73 Å². The maximum atomic E-state index is 12.3. The summed E-state index contributed by atoms with van der Waals surface area (Å²) in [5.41, 5.74) is 7.97. The Morgan fingerprint density at radius 2 is 1.68 bits per heavy atom. The second kappa shape index (κ2) is 7.29. The van der Waals surface area contributed by atoms with Crippen LogP contribution in [0.2, 0.25) is 0 Å². The number of carbonyl (C=O) groups is 1. The van der Waals surface area contributed by atoms with Crippen LogP contribution in [-0.2, 0) is 4.79 Å². The number of nitrogens with zero attached hydrogens (tertiary/aromatic N) is 1. The van der Waals surface area contributed by atoms with Gasteiger partial charge in [0.1, 0.15) is 0 Å². The van der Waals surface area contributed by atoms with Gasteiger partial charge in [-0.2, -0.15) is 0 Å². The van der Waals surface area contributed by atoms with Crippen LogP contribution in [0.15, 0.2) is 24.3 Å². The van der Waals surface area contributed by atoms with Gasteiger partial charge in [0.05, 0.1) is 5.92 Å². The van der Waals surface area contributed by atoms with Crippen molar-refractivity contribution in [1.82, 2.24) is 4.90 Å². The molecule has 0 radical (unpaired) electrons. The normalized spacial score (nSPS) is 12.5. The molecule has 0 aliphatic carbocycles. The van der Waals surface area contributed by atoms with Gasteiger partial charge in [-0.1, -0.05) is 38.1 Å². The average molecular weight is 262 g/mol. The van der Waals surface area contributed by atoms with Crippen molar-refractivity contribution in [3.63, 3.8) is 0 Å². The molecule has 2 N–H and O–H groups in total. The molecule has 19 heavy (non-hydrogen) atoms. The van der Waals surface area contributed by atoms with Gasteiger partial charge in [-0.05, 0) is 36.4 Å². The third-order valence-electron chi connectivity index (χ3n) is 3.44. The fourth-order valence-electron chi connectivity index (χ4n) is 2.18. The lowest BCUT2D eigenvalue weighted by Crippen LogP contribution is -2.28. The van der Waals surface area contributed by atoms with E-state index in [0.29, 0.717) is 12.5 Å². The van der Waals surface area contributed by atoms with Gasteiger partial charge in [0.15, 0.2) is 0 Å². The molecule has 1 aromatic carbocycles. The molecule has 106 valence electrons. The summed E-state index contributed by atoms with van der Waals surface area (Å²) >= 11 is 0. The summed E-state index contributed by atoms with van der Waals surface area (Å²) in [6.07, 6.45) is 1.69. The van der Waals surface area contributed by atoms with Crippen LogP contribution in [0.4, 0.5) is 0 Å². The lowest BCUT2D eigenvalue weighted by atomic mass is 9.91. The quantitative estimate of drug-likeness (QED) is 0.857. The highest BCUT2D eigenvalue weighted by Crippen LogP contribution is 2.25. The molecule has 0 heterocycles. The molecule has 1 atom stereocenters. The van der Waals surface area contributed by atoms with Crippen LogP contribution in [0, 0.1) is 0 Å². The van der Waals surface area contributed by atoms with E-state index in [1.165, 1.54) is 5.56 Å². The first-order chi connectivity index (χ1) is 8.97. The maximum absolute atomic E-state index is 12.3. The summed E-state index contributed by atoms with van der Waals surface area (Å²) in [4.78, 5) is 13.9. The molecular weight excluding hydrogens is 236 g/mol. The smallest absolute Gasteiger partial charge is 0.229 e. The maximum Gasteiger partial charge on any atom is 0.229 e. The first-order valence-corrected chi connectivity index (χ1v) is 6.98. The highest BCUT2D eigenvalue weighted by Gasteiger charge is 2.21. The van der Waals surface area contributed by atoms with Gasteiger partial charge < -0.3 is 10.6 Å². The van der Waals surface area contributed by atoms with Crippen LogP contribution in [0.3, 0.4) is 0 Å². The average Bonchev–Trinajstić information content (AvgIpc) is 2.39. The van der Waals surface area contributed by atoms with E-state index in [-0.39, 0.29) is 11.8 Å². The van der Waals surface area contributed by atoms with Crippen molar-refractivity contribution in [1.29, 1.82) is 0 Å². The summed E-state index contributed by atoms with van der Waals surface area (Å²) in [6.45, 7) is 4.97. The van der Waals surface area contributed by atoms with Crippen molar-refractivity contribution < 1.29 is 4.79 Å². The van der Waals surface area contributed by atoms with Gasteiger partial charge in [0.25, 0.3) is 0 Å². The summed E-state index contributed by atoms with van der Waals surface area (Å²) in [7, 11) is 3.61. The van der Waals surface area contributed by atoms with Crippen LogP contribution in [0.25, 0.3) is 0 Å². The van der Waals surface area contributed by atoms with Crippen LogP contribution in [-0.4, -0.2) is 31.4 Å². The van der Waals surface area contributed by atoms with Crippen LogP contribution in [0.1, 0.15) is 49.7 Å². The van der Waals surface area contributed by atoms with E-state index in [4.69, 9.17) is 5.73 Å². The zero-order valence-electron chi connectivity index (χ0n) is 12.5. The molecule has 1 rings (SSSR count). The van der Waals surface area contributed by atoms with E-state index in [0.717, 1.165) is 18.4 Å². The standard InChI is InChI=1S/C16H26N2O/c1-12(2)13-7-9-14(10-8-13)15(6-5-11-17)16(19)18(3)4/h7-10,12,15H,5-6,11,17H2,1-4H3. The highest BCUT2D eigenvalue weighted by molar-refractivity contribution is 5.83. The van der Waals surface area contributed by atoms with E-state index < -0.39 is 0 Å². The number of benzene rings is 1. The SMILES string of the molecule is CC(C)c1ccc(C(CCCN)C(=O)N(C)C)cc1. The van der Waals surface area contributed by atoms with Gasteiger partial charge in [-0.3, -0.25) is 4.79 Å². The zero-order valence-corrected chi connectivity index (χ0v) is 12.5. The lowest BCUT2D eigenvalue weighted by molar-refractivity contribution is -0.130. The number of rotatable bonds is 6. The molecule has 0 spiro atoms. The van der Waals surface area contributed by atoms with Gasteiger partial charge in [-0.15, -0.1) is 0 Å². The number of amides is 1. The van der Waals surface area contributed by atoms with Gasteiger partial charge in [-0.25, -0.2) is 0 Å². The second-order valence-electron chi connectivity index (χ2n) is 5.54. The van der Waals surface area contributed by atoms with E-state index in [9.17, 15) is 4.79 Å². The molecule has 0 saturated heterocycles. The molecule has 0 fully saturated rings. The Morgan fingerprint density at radius 1 is 1.16 bits per heavy atom. The third kappa shape index (κ3) is 4.35. The lowest BCUT2D eigenvalue weighted by Gasteiger charge is -2.21. The zero-order chi connectivity index (χ0) is 14.4. The fourth-order valence-corrected chi connectivity index (χ4v) is 2.18. The van der Waals surface area contributed by atoms with E-state index in [2.05, 4.69) is 38.1 Å². The minimum Gasteiger partial charge on any atom is -0.348 e. The third-order valence-corrected chi connectivity index (χ3v) is 3.44. The van der Waals surface area contributed by atoms with E-state index in [1.54, 1.807) is 19.0 Å². The van der Waals surface area contributed by atoms with Crippen molar-refractivity contribution in [2.75, 3.05) is 20.6 Å². The molecule has 1 amide bonds. The summed E-state index contributed by atoms with van der Waals surface area (Å²) < 4.78 is 0. The second-order valence-corrected chi connectivity index (χ2v) is 5.54.